The van der Waals surface area contributed by atoms with E-state index in [9.17, 15) is 4.79 Å². The van der Waals surface area contributed by atoms with Gasteiger partial charge in [-0.25, -0.2) is 0 Å². The Hall–Kier alpha value is -2.53. The molecular formula is C20H20ClN3O2. The normalized spacial score (nSPS) is 17.0. The van der Waals surface area contributed by atoms with Gasteiger partial charge in [0.25, 0.3) is 11.9 Å². The highest BCUT2D eigenvalue weighted by molar-refractivity contribution is 6.31. The summed E-state index contributed by atoms with van der Waals surface area (Å²) >= 11 is 5.98. The lowest BCUT2D eigenvalue weighted by molar-refractivity contribution is 0.0790. The average molecular weight is 370 g/mol. The van der Waals surface area contributed by atoms with Crippen LogP contribution in [-0.2, 0) is 6.42 Å². The molecule has 1 aliphatic heterocycles. The number of fused-ring (bicyclic) bond motifs is 1. The fourth-order valence-electron chi connectivity index (χ4n) is 3.40. The fourth-order valence-corrected chi connectivity index (χ4v) is 3.57. The van der Waals surface area contributed by atoms with E-state index in [-0.39, 0.29) is 11.9 Å². The van der Waals surface area contributed by atoms with Gasteiger partial charge in [-0.1, -0.05) is 36.7 Å². The van der Waals surface area contributed by atoms with Gasteiger partial charge in [-0.15, -0.1) is 0 Å². The van der Waals surface area contributed by atoms with E-state index in [2.05, 4.69) is 17.2 Å². The van der Waals surface area contributed by atoms with Crippen LogP contribution < -0.4 is 5.32 Å². The molecule has 2 aromatic carbocycles. The van der Waals surface area contributed by atoms with Crippen LogP contribution in [-0.4, -0.2) is 34.9 Å². The molecule has 1 atom stereocenters. The summed E-state index contributed by atoms with van der Waals surface area (Å²) in [6.45, 7) is 3.43. The van der Waals surface area contributed by atoms with E-state index in [4.69, 9.17) is 16.0 Å². The molecule has 2 heterocycles. The Bertz CT molecular complexity index is 953. The number of aromatic nitrogens is 1. The van der Waals surface area contributed by atoms with Gasteiger partial charge in [0.2, 0.25) is 0 Å². The van der Waals surface area contributed by atoms with Crippen LogP contribution in [0.15, 0.2) is 46.9 Å². The summed E-state index contributed by atoms with van der Waals surface area (Å²) in [7, 11) is 0. The predicted molar refractivity (Wildman–Crippen MR) is 103 cm³/mol. The van der Waals surface area contributed by atoms with Crippen LogP contribution in [0.1, 0.15) is 29.3 Å². The first-order valence-electron chi connectivity index (χ1n) is 8.84. The molecule has 1 fully saturated rings. The van der Waals surface area contributed by atoms with Crippen LogP contribution >= 0.6 is 11.6 Å². The van der Waals surface area contributed by atoms with Gasteiger partial charge < -0.3 is 14.6 Å². The first-order valence-corrected chi connectivity index (χ1v) is 9.21. The number of hydrogen-bond donors (Lipinski definition) is 1. The number of nitrogens with zero attached hydrogens (tertiary/aromatic N) is 2. The van der Waals surface area contributed by atoms with Gasteiger partial charge in [0, 0.05) is 35.8 Å². The predicted octanol–water partition coefficient (Wildman–Crippen LogP) is 4.37. The maximum absolute atomic E-state index is 12.8. The lowest BCUT2D eigenvalue weighted by atomic mass is 10.0. The standard InChI is InChI=1S/C20H20ClN3O2/c1-2-13-5-3-4-6-16(13)19(25)24-10-9-15(12-24)22-20-23-17-8-7-14(21)11-18(17)26-20/h3-8,11,15H,2,9-10,12H2,1H3,(H,22,23). The topological polar surface area (TPSA) is 58.4 Å². The number of aryl methyl sites for hydroxylation is 1. The summed E-state index contributed by atoms with van der Waals surface area (Å²) < 4.78 is 5.72. The maximum Gasteiger partial charge on any atom is 0.295 e. The Kier molecular flexibility index (Phi) is 4.55. The Morgan fingerprint density at radius 2 is 2.19 bits per heavy atom. The highest BCUT2D eigenvalue weighted by Crippen LogP contribution is 2.24. The van der Waals surface area contributed by atoms with Gasteiger partial charge in [-0.3, -0.25) is 4.79 Å². The zero-order valence-corrected chi connectivity index (χ0v) is 15.3. The number of nitrogens with one attached hydrogen (secondary N) is 1. The van der Waals surface area contributed by atoms with Crippen molar-refractivity contribution >= 4 is 34.6 Å². The quantitative estimate of drug-likeness (QED) is 0.741. The minimum atomic E-state index is 0.0936. The van der Waals surface area contributed by atoms with Crippen LogP contribution in [0.2, 0.25) is 5.02 Å². The highest BCUT2D eigenvalue weighted by atomic mass is 35.5. The number of halogens is 1. The van der Waals surface area contributed by atoms with Crippen LogP contribution in [0.3, 0.4) is 0 Å². The lowest BCUT2D eigenvalue weighted by Crippen LogP contribution is -2.32. The maximum atomic E-state index is 12.8. The molecule has 26 heavy (non-hydrogen) atoms. The van der Waals surface area contributed by atoms with Gasteiger partial charge in [0.15, 0.2) is 5.58 Å². The van der Waals surface area contributed by atoms with Crippen molar-refractivity contribution in [2.45, 2.75) is 25.8 Å². The molecule has 1 unspecified atom stereocenters. The SMILES string of the molecule is CCc1ccccc1C(=O)N1CCC(Nc2nc3ccc(Cl)cc3o2)C1. The summed E-state index contributed by atoms with van der Waals surface area (Å²) in [4.78, 5) is 19.2. The second kappa shape index (κ2) is 7.00. The van der Waals surface area contributed by atoms with Gasteiger partial charge in [-0.2, -0.15) is 4.98 Å². The molecule has 4 rings (SSSR count). The third-order valence-corrected chi connectivity index (χ3v) is 5.02. The van der Waals surface area contributed by atoms with E-state index in [0.29, 0.717) is 23.2 Å². The molecule has 1 aromatic heterocycles. The second-order valence-electron chi connectivity index (χ2n) is 6.52. The van der Waals surface area contributed by atoms with E-state index in [0.717, 1.165) is 36.0 Å². The van der Waals surface area contributed by atoms with Gasteiger partial charge >= 0.3 is 0 Å². The molecule has 5 nitrogen and oxygen atoms in total. The minimum Gasteiger partial charge on any atom is -0.423 e. The molecule has 0 saturated carbocycles. The number of benzene rings is 2. The molecule has 0 radical (unpaired) electrons. The van der Waals surface area contributed by atoms with Crippen molar-refractivity contribution in [3.05, 3.63) is 58.6 Å². The number of anilines is 1. The Morgan fingerprint density at radius 1 is 1.35 bits per heavy atom. The smallest absolute Gasteiger partial charge is 0.295 e. The van der Waals surface area contributed by atoms with Gasteiger partial charge in [0.1, 0.15) is 5.52 Å². The molecule has 3 aromatic rings. The molecule has 1 saturated heterocycles. The van der Waals surface area contributed by atoms with Crippen LogP contribution in [0.4, 0.5) is 6.01 Å². The van der Waals surface area contributed by atoms with Crippen molar-refractivity contribution in [2.75, 3.05) is 18.4 Å². The van der Waals surface area contributed by atoms with Crippen LogP contribution in [0.5, 0.6) is 0 Å². The second-order valence-corrected chi connectivity index (χ2v) is 6.96. The average Bonchev–Trinajstić information content (AvgIpc) is 3.27. The van der Waals surface area contributed by atoms with Crippen LogP contribution in [0.25, 0.3) is 11.1 Å². The number of amides is 1. The molecule has 0 spiro atoms. The van der Waals surface area contributed by atoms with Crippen molar-refractivity contribution in [3.8, 4) is 0 Å². The largest absolute Gasteiger partial charge is 0.423 e. The van der Waals surface area contributed by atoms with Crippen molar-refractivity contribution in [3.63, 3.8) is 0 Å². The van der Waals surface area contributed by atoms with Gasteiger partial charge in [0.05, 0.1) is 0 Å². The molecular weight excluding hydrogens is 350 g/mol. The number of carbonyl (C=O) groups excluding carboxylic acids is 1. The third kappa shape index (κ3) is 3.27. The Morgan fingerprint density at radius 3 is 3.04 bits per heavy atom. The molecule has 0 bridgehead atoms. The van der Waals surface area contributed by atoms with Crippen LogP contribution in [0, 0.1) is 0 Å². The molecule has 1 aliphatic rings. The van der Waals surface area contributed by atoms with Crippen molar-refractivity contribution in [2.24, 2.45) is 0 Å². The van der Waals surface area contributed by atoms with Gasteiger partial charge in [-0.05, 0) is 36.6 Å². The monoisotopic (exact) mass is 369 g/mol. The summed E-state index contributed by atoms with van der Waals surface area (Å²) in [5.74, 6) is 0.0936. The van der Waals surface area contributed by atoms with E-state index in [1.54, 1.807) is 12.1 Å². The minimum absolute atomic E-state index is 0.0936. The molecule has 1 amide bonds. The Labute approximate surface area is 157 Å². The number of likely N-dealkylation sites (tertiary alicyclic amines) is 1. The summed E-state index contributed by atoms with van der Waals surface area (Å²) in [5, 5.41) is 3.92. The molecule has 6 heteroatoms. The zero-order valence-electron chi connectivity index (χ0n) is 14.5. The number of rotatable bonds is 4. The third-order valence-electron chi connectivity index (χ3n) is 4.78. The zero-order chi connectivity index (χ0) is 18.1. The molecule has 134 valence electrons. The number of carbonyl (C=O) groups is 1. The van der Waals surface area contributed by atoms with E-state index < -0.39 is 0 Å². The molecule has 1 N–H and O–H groups in total. The van der Waals surface area contributed by atoms with E-state index >= 15 is 0 Å². The molecule has 0 aliphatic carbocycles. The van der Waals surface area contributed by atoms with Crippen molar-refractivity contribution in [1.29, 1.82) is 0 Å². The first kappa shape index (κ1) is 16.9. The first-order chi connectivity index (χ1) is 12.6. The number of hydrogen-bond acceptors (Lipinski definition) is 4. The highest BCUT2D eigenvalue weighted by Gasteiger charge is 2.28. The summed E-state index contributed by atoms with van der Waals surface area (Å²) in [6.07, 6.45) is 1.71. The van der Waals surface area contributed by atoms with Crippen molar-refractivity contribution < 1.29 is 9.21 Å². The fraction of sp³-hybridized carbons (Fsp3) is 0.300. The number of oxazole rings is 1. The van der Waals surface area contributed by atoms with E-state index in [1.165, 1.54) is 0 Å². The summed E-state index contributed by atoms with van der Waals surface area (Å²) in [6, 6.07) is 13.8. The summed E-state index contributed by atoms with van der Waals surface area (Å²) in [5.41, 5.74) is 3.30. The lowest BCUT2D eigenvalue weighted by Gasteiger charge is -2.18. The van der Waals surface area contributed by atoms with E-state index in [1.807, 2.05) is 35.2 Å². The Balaban J connectivity index is 1.45. The van der Waals surface area contributed by atoms with Crippen molar-refractivity contribution in [1.82, 2.24) is 9.88 Å².